The quantitative estimate of drug-likeness (QED) is 0.237. The lowest BCUT2D eigenvalue weighted by molar-refractivity contribution is -0.142. The van der Waals surface area contributed by atoms with Crippen LogP contribution in [0.25, 0.3) is 5.69 Å². The van der Waals surface area contributed by atoms with E-state index in [0.29, 0.717) is 52.4 Å². The molecule has 5 rings (SSSR count). The first-order chi connectivity index (χ1) is 19.4. The molecule has 14 heteroatoms. The van der Waals surface area contributed by atoms with E-state index >= 15 is 0 Å². The Labute approximate surface area is 244 Å². The van der Waals surface area contributed by atoms with Crippen molar-refractivity contribution >= 4 is 40.8 Å². The molecule has 1 aliphatic heterocycles. The number of carbonyl (C=O) groups is 1. The highest BCUT2D eigenvalue weighted by Crippen LogP contribution is 2.47. The third kappa shape index (κ3) is 5.34. The molecule has 3 heterocycles. The molecule has 0 saturated carbocycles. The van der Waals surface area contributed by atoms with Crippen LogP contribution in [0.3, 0.4) is 0 Å². The average molecular weight is 608 g/mol. The number of hydrogen-bond donors (Lipinski definition) is 0. The Morgan fingerprint density at radius 3 is 2.67 bits per heavy atom. The van der Waals surface area contributed by atoms with E-state index in [2.05, 4.69) is 20.5 Å². The van der Waals surface area contributed by atoms with E-state index in [4.69, 9.17) is 53.8 Å². The molecule has 2 atom stereocenters. The molecule has 0 unspecified atom stereocenters. The maximum absolute atomic E-state index is 12.1. The summed E-state index contributed by atoms with van der Waals surface area (Å²) in [6.45, 7) is 2.30. The predicted molar refractivity (Wildman–Crippen MR) is 147 cm³/mol. The van der Waals surface area contributed by atoms with Gasteiger partial charge in [-0.05, 0) is 41.6 Å². The third-order valence-corrected chi connectivity index (χ3v) is 7.39. The van der Waals surface area contributed by atoms with Crippen LogP contribution >= 0.6 is 34.8 Å². The second kappa shape index (κ2) is 12.0. The van der Waals surface area contributed by atoms with Crippen LogP contribution in [0.4, 0.5) is 0 Å². The number of benzene rings is 2. The van der Waals surface area contributed by atoms with Crippen LogP contribution in [0, 0.1) is 0 Å². The van der Waals surface area contributed by atoms with Crippen LogP contribution in [-0.4, -0.2) is 56.6 Å². The number of hydrogen-bond acceptors (Lipinski definition) is 9. The number of ether oxygens (including phenoxy) is 4. The summed E-state index contributed by atoms with van der Waals surface area (Å²) < 4.78 is 26.4. The van der Waals surface area contributed by atoms with Gasteiger partial charge in [-0.1, -0.05) is 46.9 Å². The monoisotopic (exact) mass is 606 g/mol. The van der Waals surface area contributed by atoms with Gasteiger partial charge in [0.05, 0.1) is 26.5 Å². The average Bonchev–Trinajstić information content (AvgIpc) is 3.47. The summed E-state index contributed by atoms with van der Waals surface area (Å²) in [4.78, 5) is 16.6. The number of imidazole rings is 1. The number of halogens is 3. The van der Waals surface area contributed by atoms with E-state index in [1.54, 1.807) is 37.8 Å². The molecule has 0 amide bonds. The highest BCUT2D eigenvalue weighted by molar-refractivity contribution is 6.40. The van der Waals surface area contributed by atoms with Gasteiger partial charge >= 0.3 is 5.97 Å². The lowest BCUT2D eigenvalue weighted by atomic mass is 9.98. The van der Waals surface area contributed by atoms with Gasteiger partial charge in [-0.3, -0.25) is 9.36 Å². The van der Waals surface area contributed by atoms with Gasteiger partial charge in [0.15, 0.2) is 27.6 Å². The fraction of sp³-hybridized carbons (Fsp3) is 0.346. The zero-order chi connectivity index (χ0) is 28.4. The largest absolute Gasteiger partial charge is 0.493 e. The van der Waals surface area contributed by atoms with Crippen LogP contribution < -0.4 is 9.47 Å². The maximum Gasteiger partial charge on any atom is 0.313 e. The minimum absolute atomic E-state index is 0.0633. The predicted octanol–water partition coefficient (Wildman–Crippen LogP) is 5.19. The van der Waals surface area contributed by atoms with Gasteiger partial charge in [0.25, 0.3) is 0 Å². The summed E-state index contributed by atoms with van der Waals surface area (Å²) in [5.74, 6) is 1.50. The van der Waals surface area contributed by atoms with Crippen LogP contribution in [0.5, 0.6) is 11.5 Å². The first-order valence-electron chi connectivity index (χ1n) is 12.4. The fourth-order valence-electron chi connectivity index (χ4n) is 4.73. The molecule has 0 N–H and O–H groups in total. The first kappa shape index (κ1) is 28.2. The Bertz CT molecular complexity index is 1540. The Balaban J connectivity index is 1.59. The van der Waals surface area contributed by atoms with Gasteiger partial charge in [-0.2, -0.15) is 0 Å². The molecular formula is C26H25Cl3N6O5. The standard InChI is InChI=1S/C26H25Cl3N6O5/c1-4-39-21(36)13-20-31-32-33-34(20)11-10-19-26-30-24(28)25(29)35(26)17-9-8-14(27)12-16(17)22(40-19)15-6-5-7-18(37-2)23(15)38-3/h5-9,12,19,22H,4,10-11,13H2,1-3H3/t19-,22-/m1/s1. The molecule has 0 spiro atoms. The zero-order valence-corrected chi connectivity index (χ0v) is 24.1. The van der Waals surface area contributed by atoms with E-state index in [1.807, 2.05) is 24.3 Å². The van der Waals surface area contributed by atoms with E-state index in [1.165, 1.54) is 4.68 Å². The van der Waals surface area contributed by atoms with Gasteiger partial charge < -0.3 is 18.9 Å². The molecule has 11 nitrogen and oxygen atoms in total. The number of carbonyl (C=O) groups excluding carboxylic acids is 1. The number of esters is 1. The molecule has 2 aromatic heterocycles. The lowest BCUT2D eigenvalue weighted by Gasteiger charge is -2.25. The van der Waals surface area contributed by atoms with Gasteiger partial charge in [-0.15, -0.1) is 5.10 Å². The van der Waals surface area contributed by atoms with Crippen molar-refractivity contribution in [3.63, 3.8) is 0 Å². The first-order valence-corrected chi connectivity index (χ1v) is 13.5. The second-order valence-electron chi connectivity index (χ2n) is 8.77. The minimum Gasteiger partial charge on any atom is -0.493 e. The van der Waals surface area contributed by atoms with Crippen molar-refractivity contribution < 1.29 is 23.7 Å². The Kier molecular flexibility index (Phi) is 8.46. The molecule has 1 aliphatic rings. The van der Waals surface area contributed by atoms with Crippen LogP contribution in [0.15, 0.2) is 36.4 Å². The summed E-state index contributed by atoms with van der Waals surface area (Å²) in [5, 5.41) is 12.6. The zero-order valence-electron chi connectivity index (χ0n) is 21.8. The molecule has 0 fully saturated rings. The normalized spacial score (nSPS) is 16.1. The van der Waals surface area contributed by atoms with Crippen molar-refractivity contribution in [3.05, 3.63) is 74.5 Å². The van der Waals surface area contributed by atoms with Gasteiger partial charge in [0.2, 0.25) is 0 Å². The SMILES string of the molecule is CCOC(=O)Cc1nnnn1CC[C@H]1O[C@H](c2cccc(OC)c2OC)c2cc(Cl)ccc2-n2c1nc(Cl)c2Cl. The minimum atomic E-state index is -0.659. The molecule has 0 bridgehead atoms. The molecule has 0 aliphatic carbocycles. The van der Waals surface area contributed by atoms with Crippen LogP contribution in [0.2, 0.25) is 15.3 Å². The topological polar surface area (TPSA) is 115 Å². The second-order valence-corrected chi connectivity index (χ2v) is 9.92. The van der Waals surface area contributed by atoms with Gasteiger partial charge in [-0.25, -0.2) is 9.67 Å². The Hall–Kier alpha value is -3.38. The Morgan fingerprint density at radius 1 is 1.10 bits per heavy atom. The fourth-order valence-corrected chi connectivity index (χ4v) is 5.30. The van der Waals surface area contributed by atoms with Crippen LogP contribution in [0.1, 0.15) is 48.3 Å². The number of fused-ring (bicyclic) bond motifs is 3. The third-order valence-electron chi connectivity index (χ3n) is 6.44. The highest BCUT2D eigenvalue weighted by atomic mass is 35.5. The summed E-state index contributed by atoms with van der Waals surface area (Å²) in [6.07, 6.45) is -1.01. The van der Waals surface area contributed by atoms with Crippen molar-refractivity contribution in [1.82, 2.24) is 29.8 Å². The molecule has 210 valence electrons. The Morgan fingerprint density at radius 2 is 1.93 bits per heavy atom. The van der Waals surface area contributed by atoms with E-state index in [-0.39, 0.29) is 23.3 Å². The number of para-hydroxylation sites is 1. The molecule has 40 heavy (non-hydrogen) atoms. The van der Waals surface area contributed by atoms with Crippen molar-refractivity contribution in [3.8, 4) is 17.2 Å². The van der Waals surface area contributed by atoms with Crippen LogP contribution in [-0.2, 0) is 27.2 Å². The van der Waals surface area contributed by atoms with Gasteiger partial charge in [0, 0.05) is 29.1 Å². The number of rotatable bonds is 9. The van der Waals surface area contributed by atoms with E-state index in [9.17, 15) is 4.79 Å². The maximum atomic E-state index is 12.1. The molecule has 2 aromatic carbocycles. The molecular weight excluding hydrogens is 583 g/mol. The number of methoxy groups -OCH3 is 2. The van der Waals surface area contributed by atoms with Crippen molar-refractivity contribution in [1.29, 1.82) is 0 Å². The highest BCUT2D eigenvalue weighted by Gasteiger charge is 2.36. The smallest absolute Gasteiger partial charge is 0.313 e. The van der Waals surface area contributed by atoms with E-state index < -0.39 is 18.2 Å². The summed E-state index contributed by atoms with van der Waals surface area (Å²) >= 11 is 19.6. The van der Waals surface area contributed by atoms with E-state index in [0.717, 1.165) is 5.56 Å². The summed E-state index contributed by atoms with van der Waals surface area (Å²) in [6, 6.07) is 11.0. The molecule has 0 radical (unpaired) electrons. The van der Waals surface area contributed by atoms with Crippen molar-refractivity contribution in [2.45, 2.75) is 38.5 Å². The number of tetrazole rings is 1. The lowest BCUT2D eigenvalue weighted by Crippen LogP contribution is -2.17. The van der Waals surface area contributed by atoms with Crippen molar-refractivity contribution in [2.24, 2.45) is 0 Å². The number of aromatic nitrogens is 6. The summed E-state index contributed by atoms with van der Waals surface area (Å²) in [5.41, 5.74) is 2.14. The summed E-state index contributed by atoms with van der Waals surface area (Å²) in [7, 11) is 3.14. The molecule has 0 saturated heterocycles. The molecule has 4 aromatic rings. The van der Waals surface area contributed by atoms with Gasteiger partial charge in [0.1, 0.15) is 24.5 Å². The van der Waals surface area contributed by atoms with Crippen molar-refractivity contribution in [2.75, 3.05) is 20.8 Å². The number of aryl methyl sites for hydroxylation is 1. The number of nitrogens with zero attached hydrogens (tertiary/aromatic N) is 6.